The van der Waals surface area contributed by atoms with Gasteiger partial charge in [-0.3, -0.25) is 19.2 Å². The molecule has 14 heteroatoms. The fourth-order valence-electron chi connectivity index (χ4n) is 7.92. The molecule has 0 spiro atoms. The predicted molar refractivity (Wildman–Crippen MR) is 274 cm³/mol. The fraction of sp³-hybridized carbons (Fsp3) is 0.714. The number of carbonyl (C=O) groups is 4. The molecule has 0 fully saturated rings. The number of phenolic OH excluding ortho intramolecular Hbond substituents is 2. The molecule has 0 aromatic heterocycles. The van der Waals surface area contributed by atoms with Crippen LogP contribution in [0.1, 0.15) is 169 Å². The van der Waals surface area contributed by atoms with Crippen LogP contribution in [0.4, 0.5) is 0 Å². The van der Waals surface area contributed by atoms with E-state index in [1.54, 1.807) is 24.3 Å². The topological polar surface area (TPSA) is 183 Å². The minimum absolute atomic E-state index is 0.0577. The Balaban J connectivity index is 0.000000700. The molecular formula is C56H92O14. The molecule has 2 aromatic rings. The smallest absolute Gasteiger partial charge is 0.320 e. The van der Waals surface area contributed by atoms with Crippen LogP contribution in [-0.2, 0) is 51.0 Å². The largest absolute Gasteiger partial charge is 0.502 e. The van der Waals surface area contributed by atoms with E-state index in [-0.39, 0.29) is 97.4 Å². The molecule has 0 aliphatic heterocycles. The average Bonchev–Trinajstić information content (AvgIpc) is 3.37. The molecule has 0 amide bonds. The van der Waals surface area contributed by atoms with Gasteiger partial charge in [0.25, 0.3) is 0 Å². The molecule has 0 saturated carbocycles. The first-order chi connectivity index (χ1) is 33.7. The first kappa shape index (κ1) is 63.1. The van der Waals surface area contributed by atoms with Crippen LogP contribution in [0.3, 0.4) is 0 Å². The van der Waals surface area contributed by atoms with E-state index in [4.69, 9.17) is 37.9 Å². The fourth-order valence-corrected chi connectivity index (χ4v) is 7.92. The number of carbonyl (C=O) groups excluding carboxylic acids is 4. The summed E-state index contributed by atoms with van der Waals surface area (Å²) in [5.41, 5.74) is 1.21. The average molecular weight is 989 g/mol. The van der Waals surface area contributed by atoms with Crippen molar-refractivity contribution in [1.29, 1.82) is 0 Å². The summed E-state index contributed by atoms with van der Waals surface area (Å²) in [6, 6.07) is 6.38. The Bertz CT molecular complexity index is 1540. The lowest BCUT2D eigenvalue weighted by Crippen LogP contribution is -2.32. The Kier molecular flexibility index (Phi) is 33.3. The van der Waals surface area contributed by atoms with Crippen LogP contribution in [0.15, 0.2) is 24.3 Å². The number of esters is 4. The number of unbranched alkanes of at least 4 members (excludes halogenated alkanes) is 4. The number of benzene rings is 2. The van der Waals surface area contributed by atoms with Crippen molar-refractivity contribution < 1.29 is 67.3 Å². The highest BCUT2D eigenvalue weighted by Crippen LogP contribution is 2.39. The normalized spacial score (nSPS) is 13.5. The monoisotopic (exact) mass is 989 g/mol. The summed E-state index contributed by atoms with van der Waals surface area (Å²) in [7, 11) is 5.72. The van der Waals surface area contributed by atoms with Crippen LogP contribution in [0.2, 0.25) is 0 Å². The van der Waals surface area contributed by atoms with Gasteiger partial charge in [0.2, 0.25) is 11.5 Å². The lowest BCUT2D eigenvalue weighted by atomic mass is 9.97. The van der Waals surface area contributed by atoms with Gasteiger partial charge in [-0.1, -0.05) is 132 Å². The summed E-state index contributed by atoms with van der Waals surface area (Å²) in [5.74, 6) is -2.95. The van der Waals surface area contributed by atoms with Gasteiger partial charge in [0.15, 0.2) is 34.8 Å². The first-order valence-corrected chi connectivity index (χ1v) is 26.2. The van der Waals surface area contributed by atoms with Crippen molar-refractivity contribution in [3.8, 4) is 34.5 Å². The summed E-state index contributed by atoms with van der Waals surface area (Å²) >= 11 is 0. The van der Waals surface area contributed by atoms with E-state index >= 15 is 0 Å². The zero-order valence-corrected chi connectivity index (χ0v) is 45.1. The van der Waals surface area contributed by atoms with E-state index in [9.17, 15) is 29.4 Å². The highest BCUT2D eigenvalue weighted by molar-refractivity contribution is 5.96. The van der Waals surface area contributed by atoms with E-state index in [0.717, 1.165) is 103 Å². The maximum Gasteiger partial charge on any atom is 0.320 e. The lowest BCUT2D eigenvalue weighted by Gasteiger charge is -2.21. The summed E-state index contributed by atoms with van der Waals surface area (Å²) in [4.78, 5) is 52.4. The van der Waals surface area contributed by atoms with Crippen molar-refractivity contribution in [2.24, 2.45) is 35.5 Å². The summed E-state index contributed by atoms with van der Waals surface area (Å²) < 4.78 is 43.4. The number of hydrogen-bond donors (Lipinski definition) is 2. The third-order valence-electron chi connectivity index (χ3n) is 13.1. The number of rotatable bonds is 36. The van der Waals surface area contributed by atoms with Crippen molar-refractivity contribution >= 4 is 23.9 Å². The third kappa shape index (κ3) is 22.9. The molecule has 14 nitrogen and oxygen atoms in total. The van der Waals surface area contributed by atoms with E-state index in [0.29, 0.717) is 11.1 Å². The Morgan fingerprint density at radius 1 is 0.400 bits per heavy atom. The Morgan fingerprint density at radius 2 is 0.614 bits per heavy atom. The van der Waals surface area contributed by atoms with Gasteiger partial charge >= 0.3 is 23.9 Å². The van der Waals surface area contributed by atoms with Crippen LogP contribution in [-0.4, -0.2) is 89.0 Å². The van der Waals surface area contributed by atoms with Gasteiger partial charge < -0.3 is 48.1 Å². The molecule has 2 rings (SSSR count). The highest BCUT2D eigenvalue weighted by Gasteiger charge is 2.34. The number of phenols is 2. The van der Waals surface area contributed by atoms with Crippen LogP contribution < -0.4 is 18.9 Å². The molecule has 0 radical (unpaired) electrons. The van der Waals surface area contributed by atoms with Crippen molar-refractivity contribution in [2.75, 3.05) is 54.9 Å². The number of aromatic hydroxyl groups is 2. The molecule has 0 bridgehead atoms. The predicted octanol–water partition coefficient (Wildman–Crippen LogP) is 12.2. The standard InChI is InChI=1S/2C28H46O7/c2*1-7-11-13-20(9-3)18-34-27(30)23(28(31)35-19-21(10-4)14-12-8-2)15-22-16-24(32-5)26(29)25(17-22)33-6/h2*16-17,20-21,23,29H,7-15,18-19H2,1-6H3. The quantitative estimate of drug-likeness (QED) is 0.0373. The Labute approximate surface area is 421 Å². The number of methoxy groups -OCH3 is 4. The van der Waals surface area contributed by atoms with Crippen molar-refractivity contribution in [3.05, 3.63) is 35.4 Å². The van der Waals surface area contributed by atoms with E-state index in [1.165, 1.54) is 28.4 Å². The molecule has 2 N–H and O–H groups in total. The summed E-state index contributed by atoms with van der Waals surface area (Å²) in [5, 5.41) is 20.4. The highest BCUT2D eigenvalue weighted by atomic mass is 16.6. The lowest BCUT2D eigenvalue weighted by molar-refractivity contribution is -0.165. The molecule has 4 unspecified atom stereocenters. The van der Waals surface area contributed by atoms with Gasteiger partial charge in [0.05, 0.1) is 54.9 Å². The van der Waals surface area contributed by atoms with Crippen LogP contribution in [0, 0.1) is 35.5 Å². The van der Waals surface area contributed by atoms with E-state index < -0.39 is 35.7 Å². The second-order valence-corrected chi connectivity index (χ2v) is 18.4. The summed E-state index contributed by atoms with van der Waals surface area (Å²) in [6.45, 7) is 18.0. The Morgan fingerprint density at radius 3 is 0.786 bits per heavy atom. The SMILES string of the molecule is CCCCC(CC)COC(=O)C(Cc1cc(OC)c(O)c(OC)c1)C(=O)OCC(CC)CCCC.CCCCC(CC)COC(=O)C(Cc1cc(OC)c(O)c(OC)c1)C(=O)OCC(CC)CCCC. The molecule has 400 valence electrons. The molecular weight excluding hydrogens is 897 g/mol. The van der Waals surface area contributed by atoms with Gasteiger partial charge in [-0.05, 0) is 97.6 Å². The van der Waals surface area contributed by atoms with Gasteiger partial charge in [-0.25, -0.2) is 0 Å². The van der Waals surface area contributed by atoms with Crippen molar-refractivity contribution in [3.63, 3.8) is 0 Å². The molecule has 2 aromatic carbocycles. The molecule has 4 atom stereocenters. The van der Waals surface area contributed by atoms with Gasteiger partial charge in [0.1, 0.15) is 0 Å². The minimum atomic E-state index is -1.11. The van der Waals surface area contributed by atoms with Gasteiger partial charge in [-0.15, -0.1) is 0 Å². The number of ether oxygens (including phenoxy) is 8. The van der Waals surface area contributed by atoms with E-state index in [2.05, 4.69) is 55.4 Å². The molecule has 0 heterocycles. The molecule has 0 aliphatic carbocycles. The van der Waals surface area contributed by atoms with E-state index in [1.807, 2.05) is 0 Å². The van der Waals surface area contributed by atoms with Crippen molar-refractivity contribution in [2.45, 2.75) is 171 Å². The minimum Gasteiger partial charge on any atom is -0.502 e. The van der Waals surface area contributed by atoms with Crippen molar-refractivity contribution in [1.82, 2.24) is 0 Å². The van der Waals surface area contributed by atoms with Crippen LogP contribution in [0.5, 0.6) is 34.5 Å². The summed E-state index contributed by atoms with van der Waals surface area (Å²) in [6.07, 6.45) is 16.3. The van der Waals surface area contributed by atoms with Crippen LogP contribution >= 0.6 is 0 Å². The Hall–Kier alpha value is -4.88. The second-order valence-electron chi connectivity index (χ2n) is 18.4. The maximum atomic E-state index is 13.1. The second kappa shape index (κ2) is 37.0. The van der Waals surface area contributed by atoms with Crippen LogP contribution in [0.25, 0.3) is 0 Å². The van der Waals surface area contributed by atoms with Gasteiger partial charge in [0, 0.05) is 0 Å². The molecule has 0 aliphatic rings. The zero-order valence-electron chi connectivity index (χ0n) is 45.1. The zero-order chi connectivity index (χ0) is 52.4. The third-order valence-corrected chi connectivity index (χ3v) is 13.1. The maximum absolute atomic E-state index is 13.1. The molecule has 0 saturated heterocycles. The first-order valence-electron chi connectivity index (χ1n) is 26.2. The van der Waals surface area contributed by atoms with Gasteiger partial charge in [-0.2, -0.15) is 0 Å². The molecule has 70 heavy (non-hydrogen) atoms. The number of hydrogen-bond acceptors (Lipinski definition) is 14.